The van der Waals surface area contributed by atoms with Crippen LogP contribution in [0.25, 0.3) is 0 Å². The number of halogens is 1. The number of esters is 1. The standard InChI is InChI=1S/C16H17ClN4O4S/c1-25-16(22)13-12(17)15(20-14(19-13)10-4-5-10)18-8-9-2-6-11(7-3-9)21-26(23)24/h2-3,6-7,10,21H,4-5,8H2,1H3,(H,23,24)(H,18,19,20). The lowest BCUT2D eigenvalue weighted by molar-refractivity contribution is 0.0593. The molecule has 26 heavy (non-hydrogen) atoms. The maximum atomic E-state index is 11.9. The van der Waals surface area contributed by atoms with Crippen LogP contribution in [0.5, 0.6) is 0 Å². The molecule has 0 bridgehead atoms. The summed E-state index contributed by atoms with van der Waals surface area (Å²) in [6, 6.07) is 6.95. The quantitative estimate of drug-likeness (QED) is 0.487. The van der Waals surface area contributed by atoms with Crippen molar-refractivity contribution in [1.82, 2.24) is 9.97 Å². The van der Waals surface area contributed by atoms with Gasteiger partial charge in [0.2, 0.25) is 0 Å². The molecule has 1 atom stereocenters. The molecule has 138 valence electrons. The number of anilines is 2. The van der Waals surface area contributed by atoms with Crippen molar-refractivity contribution in [2.75, 3.05) is 17.1 Å². The van der Waals surface area contributed by atoms with E-state index in [0.29, 0.717) is 23.9 Å². The summed E-state index contributed by atoms with van der Waals surface area (Å²) in [4.78, 5) is 20.6. The lowest BCUT2D eigenvalue weighted by Gasteiger charge is -2.12. The van der Waals surface area contributed by atoms with Crippen LogP contribution in [0.4, 0.5) is 11.5 Å². The van der Waals surface area contributed by atoms with Crippen LogP contribution in [-0.4, -0.2) is 31.8 Å². The predicted molar refractivity (Wildman–Crippen MR) is 98.5 cm³/mol. The maximum Gasteiger partial charge on any atom is 0.358 e. The fourth-order valence-corrected chi connectivity index (χ4v) is 2.88. The number of ether oxygens (including phenoxy) is 1. The van der Waals surface area contributed by atoms with Crippen LogP contribution in [0, 0.1) is 0 Å². The third-order valence-corrected chi connectivity index (χ3v) is 4.58. The molecule has 1 aliphatic carbocycles. The minimum Gasteiger partial charge on any atom is -0.464 e. The van der Waals surface area contributed by atoms with Gasteiger partial charge in [-0.05, 0) is 30.5 Å². The van der Waals surface area contributed by atoms with E-state index in [2.05, 4.69) is 20.0 Å². The molecular formula is C16H17ClN4O4S. The fourth-order valence-electron chi connectivity index (χ4n) is 2.31. The summed E-state index contributed by atoms with van der Waals surface area (Å²) >= 11 is 4.16. The van der Waals surface area contributed by atoms with Crippen LogP contribution in [0.2, 0.25) is 5.02 Å². The molecule has 1 unspecified atom stereocenters. The summed E-state index contributed by atoms with van der Waals surface area (Å²) in [6.07, 6.45) is 1.98. The molecule has 1 saturated carbocycles. The number of carbonyl (C=O) groups is 1. The Labute approximate surface area is 157 Å². The van der Waals surface area contributed by atoms with Crippen molar-refractivity contribution in [3.8, 4) is 0 Å². The molecule has 3 N–H and O–H groups in total. The minimum atomic E-state index is -2.11. The smallest absolute Gasteiger partial charge is 0.358 e. The number of carbonyl (C=O) groups excluding carboxylic acids is 1. The minimum absolute atomic E-state index is 0.0542. The zero-order valence-electron chi connectivity index (χ0n) is 13.9. The van der Waals surface area contributed by atoms with Gasteiger partial charge < -0.3 is 10.1 Å². The van der Waals surface area contributed by atoms with Crippen LogP contribution in [0.3, 0.4) is 0 Å². The van der Waals surface area contributed by atoms with E-state index < -0.39 is 17.2 Å². The normalized spacial score (nSPS) is 14.6. The summed E-state index contributed by atoms with van der Waals surface area (Å²) in [7, 11) is 1.28. The first-order valence-corrected chi connectivity index (χ1v) is 9.32. The van der Waals surface area contributed by atoms with Crippen molar-refractivity contribution in [3.05, 3.63) is 46.4 Å². The highest BCUT2D eigenvalue weighted by molar-refractivity contribution is 7.80. The maximum absolute atomic E-state index is 11.9. The number of hydrogen-bond acceptors (Lipinski definition) is 6. The number of nitrogens with one attached hydrogen (secondary N) is 2. The molecule has 0 amide bonds. The van der Waals surface area contributed by atoms with E-state index in [0.717, 1.165) is 18.4 Å². The highest BCUT2D eigenvalue weighted by Crippen LogP contribution is 2.39. The predicted octanol–water partition coefficient (Wildman–Crippen LogP) is 2.95. The fraction of sp³-hybridized carbons (Fsp3) is 0.312. The molecule has 3 rings (SSSR count). The first kappa shape index (κ1) is 18.6. The van der Waals surface area contributed by atoms with E-state index in [-0.39, 0.29) is 16.6 Å². The van der Waals surface area contributed by atoms with Gasteiger partial charge in [0.15, 0.2) is 5.69 Å². The molecule has 1 heterocycles. The van der Waals surface area contributed by atoms with Gasteiger partial charge in [-0.2, -0.15) is 0 Å². The number of methoxy groups -OCH3 is 1. The summed E-state index contributed by atoms with van der Waals surface area (Å²) in [5, 5.41) is 3.23. The summed E-state index contributed by atoms with van der Waals surface area (Å²) in [5.41, 5.74) is 1.48. The number of aromatic nitrogens is 2. The Bertz CT molecular complexity index is 843. The molecule has 0 aliphatic heterocycles. The molecule has 1 aromatic carbocycles. The van der Waals surface area contributed by atoms with Crippen molar-refractivity contribution in [3.63, 3.8) is 0 Å². The number of benzene rings is 1. The number of rotatable bonds is 7. The van der Waals surface area contributed by atoms with E-state index in [1.165, 1.54) is 7.11 Å². The average Bonchev–Trinajstić information content (AvgIpc) is 3.46. The van der Waals surface area contributed by atoms with Gasteiger partial charge in [-0.3, -0.25) is 9.27 Å². The van der Waals surface area contributed by atoms with Crippen molar-refractivity contribution in [1.29, 1.82) is 0 Å². The van der Waals surface area contributed by atoms with E-state index in [1.54, 1.807) is 24.3 Å². The third kappa shape index (κ3) is 4.48. The summed E-state index contributed by atoms with van der Waals surface area (Å²) in [6.45, 7) is 0.407. The zero-order valence-corrected chi connectivity index (χ0v) is 15.4. The second-order valence-corrected chi connectivity index (χ2v) is 6.84. The SMILES string of the molecule is COC(=O)c1nc(C2CC2)nc(NCc2ccc(NS(=O)O)cc2)c1Cl. The van der Waals surface area contributed by atoms with Crippen molar-refractivity contribution >= 4 is 40.3 Å². The largest absolute Gasteiger partial charge is 0.464 e. The lowest BCUT2D eigenvalue weighted by atomic mass is 10.2. The Morgan fingerprint density at radius 1 is 1.35 bits per heavy atom. The van der Waals surface area contributed by atoms with Crippen LogP contribution in [0.15, 0.2) is 24.3 Å². The molecule has 10 heteroatoms. The highest BCUT2D eigenvalue weighted by Gasteiger charge is 2.30. The van der Waals surface area contributed by atoms with Gasteiger partial charge in [-0.15, -0.1) is 0 Å². The molecular weight excluding hydrogens is 380 g/mol. The van der Waals surface area contributed by atoms with Gasteiger partial charge in [0, 0.05) is 18.2 Å². The summed E-state index contributed by atoms with van der Waals surface area (Å²) in [5.74, 6) is 0.612. The van der Waals surface area contributed by atoms with E-state index in [9.17, 15) is 9.00 Å². The third-order valence-electron chi connectivity index (χ3n) is 3.81. The zero-order chi connectivity index (χ0) is 18.7. The Balaban J connectivity index is 1.77. The van der Waals surface area contributed by atoms with Gasteiger partial charge in [-0.1, -0.05) is 23.7 Å². The van der Waals surface area contributed by atoms with Gasteiger partial charge >= 0.3 is 5.97 Å². The van der Waals surface area contributed by atoms with Gasteiger partial charge in [0.1, 0.15) is 16.7 Å². The molecule has 0 radical (unpaired) electrons. The van der Waals surface area contributed by atoms with Crippen LogP contribution in [0.1, 0.15) is 40.6 Å². The Morgan fingerprint density at radius 3 is 2.62 bits per heavy atom. The lowest BCUT2D eigenvalue weighted by Crippen LogP contribution is -2.12. The van der Waals surface area contributed by atoms with Gasteiger partial charge in [-0.25, -0.2) is 19.0 Å². The molecule has 8 nitrogen and oxygen atoms in total. The number of nitrogens with zero attached hydrogens (tertiary/aromatic N) is 2. The number of hydrogen-bond donors (Lipinski definition) is 3. The average molecular weight is 397 g/mol. The Kier molecular flexibility index (Phi) is 5.70. The molecule has 2 aromatic rings. The monoisotopic (exact) mass is 396 g/mol. The van der Waals surface area contributed by atoms with Crippen LogP contribution in [-0.2, 0) is 22.5 Å². The van der Waals surface area contributed by atoms with Crippen molar-refractivity contribution in [2.45, 2.75) is 25.3 Å². The second-order valence-electron chi connectivity index (χ2n) is 5.76. The van der Waals surface area contributed by atoms with Gasteiger partial charge in [0.05, 0.1) is 7.11 Å². The molecule has 0 saturated heterocycles. The first-order chi connectivity index (χ1) is 12.5. The highest BCUT2D eigenvalue weighted by atomic mass is 35.5. The molecule has 1 fully saturated rings. The van der Waals surface area contributed by atoms with Gasteiger partial charge in [0.25, 0.3) is 11.3 Å². The van der Waals surface area contributed by atoms with E-state index >= 15 is 0 Å². The first-order valence-electron chi connectivity index (χ1n) is 7.84. The van der Waals surface area contributed by atoms with Crippen molar-refractivity contribution < 1.29 is 18.3 Å². The van der Waals surface area contributed by atoms with E-state index in [1.807, 2.05) is 0 Å². The Morgan fingerprint density at radius 2 is 2.04 bits per heavy atom. The molecule has 1 aromatic heterocycles. The van der Waals surface area contributed by atoms with Crippen LogP contribution >= 0.6 is 11.6 Å². The van der Waals surface area contributed by atoms with Crippen molar-refractivity contribution in [2.24, 2.45) is 0 Å². The van der Waals surface area contributed by atoms with E-state index in [4.69, 9.17) is 20.9 Å². The topological polar surface area (TPSA) is 113 Å². The molecule has 0 spiro atoms. The Hall–Kier alpha value is -2.23. The summed E-state index contributed by atoms with van der Waals surface area (Å²) < 4.78 is 26.7. The van der Waals surface area contributed by atoms with Crippen LogP contribution < -0.4 is 10.0 Å². The second kappa shape index (κ2) is 7.98. The molecule has 1 aliphatic rings.